The second-order valence-electron chi connectivity index (χ2n) is 6.47. The SMILES string of the molecule is C[C@@H](N)c1ccnc(-n2cc(S(=O)(=O)Nc3cccc4cnn(C)c34)cn2)c1. The lowest BCUT2D eigenvalue weighted by Crippen LogP contribution is -2.13. The smallest absolute Gasteiger partial charge is 0.265 e. The van der Waals surface area contributed by atoms with Gasteiger partial charge >= 0.3 is 0 Å². The molecule has 9 nitrogen and oxygen atoms in total. The first-order valence-electron chi connectivity index (χ1n) is 8.55. The molecule has 1 atom stereocenters. The van der Waals surface area contributed by atoms with Gasteiger partial charge in [-0.3, -0.25) is 9.40 Å². The zero-order valence-electron chi connectivity index (χ0n) is 15.3. The minimum absolute atomic E-state index is 0.0275. The average Bonchev–Trinajstić information content (AvgIpc) is 3.30. The molecule has 0 spiro atoms. The van der Waals surface area contributed by atoms with Crippen molar-refractivity contribution in [3.05, 3.63) is 60.7 Å². The molecule has 10 heteroatoms. The molecular formula is C18H19N7O2S. The van der Waals surface area contributed by atoms with Crippen molar-refractivity contribution in [2.24, 2.45) is 12.8 Å². The van der Waals surface area contributed by atoms with Crippen molar-refractivity contribution in [1.82, 2.24) is 24.5 Å². The monoisotopic (exact) mass is 397 g/mol. The number of nitrogens with zero attached hydrogens (tertiary/aromatic N) is 5. The predicted molar refractivity (Wildman–Crippen MR) is 105 cm³/mol. The van der Waals surface area contributed by atoms with Crippen LogP contribution < -0.4 is 10.5 Å². The van der Waals surface area contributed by atoms with E-state index < -0.39 is 10.0 Å². The first-order valence-corrected chi connectivity index (χ1v) is 10.0. The van der Waals surface area contributed by atoms with Gasteiger partial charge in [-0.2, -0.15) is 10.2 Å². The number of nitrogens with one attached hydrogen (secondary N) is 1. The number of aromatic nitrogens is 5. The van der Waals surface area contributed by atoms with Crippen LogP contribution in [0, 0.1) is 0 Å². The number of aryl methyl sites for hydroxylation is 1. The van der Waals surface area contributed by atoms with Crippen LogP contribution in [0.15, 0.2) is 60.0 Å². The van der Waals surface area contributed by atoms with Crippen molar-refractivity contribution in [2.45, 2.75) is 17.9 Å². The lowest BCUT2D eigenvalue weighted by Gasteiger charge is -2.09. The molecule has 3 aromatic heterocycles. The van der Waals surface area contributed by atoms with Gasteiger partial charge in [0.15, 0.2) is 5.82 Å². The van der Waals surface area contributed by atoms with Crippen molar-refractivity contribution < 1.29 is 8.42 Å². The number of hydrogen-bond donors (Lipinski definition) is 2. The molecule has 0 saturated heterocycles. The van der Waals surface area contributed by atoms with Crippen molar-refractivity contribution in [3.8, 4) is 5.82 Å². The number of para-hydroxylation sites is 1. The minimum atomic E-state index is -3.84. The Labute approximate surface area is 161 Å². The van der Waals surface area contributed by atoms with Crippen molar-refractivity contribution in [2.75, 3.05) is 4.72 Å². The zero-order valence-corrected chi connectivity index (χ0v) is 16.1. The molecule has 0 amide bonds. The fourth-order valence-electron chi connectivity index (χ4n) is 2.93. The molecule has 3 heterocycles. The maximum atomic E-state index is 12.9. The van der Waals surface area contributed by atoms with Crippen LogP contribution in [-0.4, -0.2) is 33.0 Å². The number of pyridine rings is 1. The Bertz CT molecular complexity index is 1260. The van der Waals surface area contributed by atoms with Gasteiger partial charge in [-0.1, -0.05) is 12.1 Å². The van der Waals surface area contributed by atoms with Gasteiger partial charge in [-0.25, -0.2) is 18.1 Å². The molecule has 0 saturated carbocycles. The fourth-order valence-corrected chi connectivity index (χ4v) is 3.93. The Morgan fingerprint density at radius 1 is 1.18 bits per heavy atom. The normalized spacial score (nSPS) is 13.0. The number of benzene rings is 1. The summed E-state index contributed by atoms with van der Waals surface area (Å²) in [4.78, 5) is 4.26. The fraction of sp³-hybridized carbons (Fsp3) is 0.167. The summed E-state index contributed by atoms with van der Waals surface area (Å²) in [5.41, 5.74) is 7.93. The third-order valence-electron chi connectivity index (χ3n) is 4.40. The van der Waals surface area contributed by atoms with Gasteiger partial charge in [0.25, 0.3) is 10.0 Å². The largest absolute Gasteiger partial charge is 0.324 e. The first-order chi connectivity index (χ1) is 13.3. The number of hydrogen-bond acceptors (Lipinski definition) is 6. The maximum absolute atomic E-state index is 12.9. The standard InChI is InChI=1S/C18H19N7O2S/c1-12(19)13-6-7-20-17(8-13)25-11-15(10-22-25)28(26,27)23-16-5-3-4-14-9-21-24(2)18(14)16/h3-12,23H,19H2,1-2H3/t12-/m1/s1. The Morgan fingerprint density at radius 2 is 2.00 bits per heavy atom. The van der Waals surface area contributed by atoms with Gasteiger partial charge in [0.2, 0.25) is 0 Å². The van der Waals surface area contributed by atoms with E-state index in [4.69, 9.17) is 5.73 Å². The van der Waals surface area contributed by atoms with Gasteiger partial charge in [0, 0.05) is 24.7 Å². The second-order valence-corrected chi connectivity index (χ2v) is 8.16. The average molecular weight is 397 g/mol. The van der Waals surface area contributed by atoms with Crippen LogP contribution in [0.3, 0.4) is 0 Å². The van der Waals surface area contributed by atoms with E-state index in [9.17, 15) is 8.42 Å². The van der Waals surface area contributed by atoms with E-state index >= 15 is 0 Å². The number of rotatable bonds is 5. The summed E-state index contributed by atoms with van der Waals surface area (Å²) >= 11 is 0. The van der Waals surface area contributed by atoms with E-state index in [0.717, 1.165) is 10.9 Å². The first kappa shape index (κ1) is 18.1. The van der Waals surface area contributed by atoms with E-state index in [0.29, 0.717) is 17.0 Å². The van der Waals surface area contributed by atoms with Gasteiger partial charge in [0.1, 0.15) is 4.90 Å². The van der Waals surface area contributed by atoms with Crippen molar-refractivity contribution in [1.29, 1.82) is 0 Å². The lowest BCUT2D eigenvalue weighted by molar-refractivity contribution is 0.601. The zero-order chi connectivity index (χ0) is 19.9. The topological polar surface area (TPSA) is 121 Å². The molecule has 0 aliphatic rings. The summed E-state index contributed by atoms with van der Waals surface area (Å²) in [5.74, 6) is 0.491. The molecule has 1 aromatic carbocycles. The van der Waals surface area contributed by atoms with E-state index in [1.807, 2.05) is 19.1 Å². The number of sulfonamides is 1. The molecule has 0 aliphatic carbocycles. The number of fused-ring (bicyclic) bond motifs is 1. The Kier molecular flexibility index (Phi) is 4.36. The lowest BCUT2D eigenvalue weighted by atomic mass is 10.1. The van der Waals surface area contributed by atoms with Crippen molar-refractivity contribution in [3.63, 3.8) is 0 Å². The van der Waals surface area contributed by atoms with Crippen LogP contribution >= 0.6 is 0 Å². The van der Waals surface area contributed by atoms with E-state index in [2.05, 4.69) is 19.9 Å². The summed E-state index contributed by atoms with van der Waals surface area (Å²) in [6.45, 7) is 1.86. The molecule has 3 N–H and O–H groups in total. The Morgan fingerprint density at radius 3 is 2.79 bits per heavy atom. The van der Waals surface area contributed by atoms with Gasteiger partial charge in [0.05, 0.1) is 29.8 Å². The Balaban J connectivity index is 1.68. The van der Waals surface area contributed by atoms with Crippen LogP contribution in [-0.2, 0) is 17.1 Å². The summed E-state index contributed by atoms with van der Waals surface area (Å²) < 4.78 is 31.4. The summed E-state index contributed by atoms with van der Waals surface area (Å²) in [6.07, 6.45) is 6.00. The second kappa shape index (κ2) is 6.73. The highest BCUT2D eigenvalue weighted by molar-refractivity contribution is 7.92. The maximum Gasteiger partial charge on any atom is 0.265 e. The third-order valence-corrected chi connectivity index (χ3v) is 5.72. The van der Waals surface area contributed by atoms with Crippen LogP contribution in [0.4, 0.5) is 5.69 Å². The summed E-state index contributed by atoms with van der Waals surface area (Å²) in [5, 5.41) is 9.16. The molecule has 0 fully saturated rings. The van der Waals surface area contributed by atoms with E-state index in [-0.39, 0.29) is 10.9 Å². The molecule has 28 heavy (non-hydrogen) atoms. The minimum Gasteiger partial charge on any atom is -0.324 e. The van der Waals surface area contributed by atoms with E-state index in [1.165, 1.54) is 17.1 Å². The van der Waals surface area contributed by atoms with Crippen LogP contribution in [0.2, 0.25) is 0 Å². The third kappa shape index (κ3) is 3.23. The molecule has 0 radical (unpaired) electrons. The molecule has 4 rings (SSSR count). The molecular weight excluding hydrogens is 378 g/mol. The van der Waals surface area contributed by atoms with E-state index in [1.54, 1.807) is 42.3 Å². The molecule has 0 aliphatic heterocycles. The van der Waals surface area contributed by atoms with Crippen molar-refractivity contribution >= 4 is 26.6 Å². The van der Waals surface area contributed by atoms with Crippen LogP contribution in [0.25, 0.3) is 16.7 Å². The highest BCUT2D eigenvalue weighted by Gasteiger charge is 2.19. The predicted octanol–water partition coefficient (Wildman–Crippen LogP) is 1.97. The van der Waals surface area contributed by atoms with Gasteiger partial charge < -0.3 is 5.73 Å². The highest BCUT2D eigenvalue weighted by atomic mass is 32.2. The Hall–Kier alpha value is -3.24. The van der Waals surface area contributed by atoms with Gasteiger partial charge in [-0.05, 0) is 30.7 Å². The quantitative estimate of drug-likeness (QED) is 0.531. The number of nitrogens with two attached hydrogens (primary N) is 1. The number of anilines is 1. The molecule has 0 unspecified atom stereocenters. The van der Waals surface area contributed by atoms with Crippen LogP contribution in [0.5, 0.6) is 0 Å². The summed E-state index contributed by atoms with van der Waals surface area (Å²) in [7, 11) is -2.08. The van der Waals surface area contributed by atoms with Crippen LogP contribution in [0.1, 0.15) is 18.5 Å². The summed E-state index contributed by atoms with van der Waals surface area (Å²) in [6, 6.07) is 8.76. The highest BCUT2D eigenvalue weighted by Crippen LogP contribution is 2.25. The molecule has 144 valence electrons. The molecule has 0 bridgehead atoms. The molecule has 4 aromatic rings. The van der Waals surface area contributed by atoms with Gasteiger partial charge in [-0.15, -0.1) is 0 Å².